The van der Waals surface area contributed by atoms with Gasteiger partial charge in [0.15, 0.2) is 5.82 Å². The number of aliphatic carboxylic acids is 1. The van der Waals surface area contributed by atoms with Gasteiger partial charge in [0.2, 0.25) is 5.89 Å². The molecule has 1 aliphatic carbocycles. The number of hydrogen-bond donors (Lipinski definition) is 1. The van der Waals surface area contributed by atoms with Crippen molar-refractivity contribution in [3.05, 3.63) is 11.7 Å². The van der Waals surface area contributed by atoms with E-state index in [1.54, 1.807) is 6.92 Å². The van der Waals surface area contributed by atoms with Crippen LogP contribution in [0.3, 0.4) is 0 Å². The lowest BCUT2D eigenvalue weighted by Crippen LogP contribution is -2.13. The van der Waals surface area contributed by atoms with Crippen LogP contribution in [0.1, 0.15) is 30.5 Å². The summed E-state index contributed by atoms with van der Waals surface area (Å²) < 4.78 is 4.85. The molecule has 0 saturated heterocycles. The van der Waals surface area contributed by atoms with Crippen LogP contribution in [0.15, 0.2) is 4.52 Å². The Hall–Kier alpha value is -1.39. The molecule has 1 fully saturated rings. The maximum absolute atomic E-state index is 10.9. The summed E-state index contributed by atoms with van der Waals surface area (Å²) in [5, 5.41) is 12.5. The number of nitrogens with zero attached hydrogens (tertiary/aromatic N) is 2. The molecule has 1 aromatic rings. The molecule has 5 nitrogen and oxygen atoms in total. The Labute approximate surface area is 74.8 Å². The van der Waals surface area contributed by atoms with Gasteiger partial charge in [-0.3, -0.25) is 4.79 Å². The highest BCUT2D eigenvalue weighted by atomic mass is 16.5. The zero-order valence-electron chi connectivity index (χ0n) is 7.23. The molecule has 0 spiro atoms. The van der Waals surface area contributed by atoms with Gasteiger partial charge in [-0.05, 0) is 25.7 Å². The highest BCUT2D eigenvalue weighted by Crippen LogP contribution is 2.42. The van der Waals surface area contributed by atoms with Gasteiger partial charge in [0.25, 0.3) is 0 Å². The van der Waals surface area contributed by atoms with Crippen molar-refractivity contribution < 1.29 is 14.4 Å². The summed E-state index contributed by atoms with van der Waals surface area (Å²) in [6, 6.07) is 0. The van der Waals surface area contributed by atoms with E-state index in [1.165, 1.54) is 0 Å². The Morgan fingerprint density at radius 1 is 1.69 bits per heavy atom. The number of carboxylic acid groups (broad SMARTS) is 1. The van der Waals surface area contributed by atoms with Crippen molar-refractivity contribution in [1.82, 2.24) is 10.1 Å². The van der Waals surface area contributed by atoms with E-state index in [1.807, 2.05) is 0 Å². The molecule has 1 N–H and O–H groups in total. The Morgan fingerprint density at radius 3 is 2.77 bits per heavy atom. The molecule has 2 rings (SSSR count). The number of aromatic nitrogens is 2. The number of carbonyl (C=O) groups is 1. The van der Waals surface area contributed by atoms with Crippen LogP contribution in [0, 0.1) is 12.8 Å². The lowest BCUT2D eigenvalue weighted by atomic mass is 10.0. The minimum atomic E-state index is -0.869. The van der Waals surface area contributed by atoms with E-state index in [2.05, 4.69) is 10.1 Å². The van der Waals surface area contributed by atoms with Gasteiger partial charge in [-0.2, -0.15) is 4.98 Å². The molecule has 5 heteroatoms. The molecule has 1 saturated carbocycles. The molecular formula is C8H10N2O3. The molecular weight excluding hydrogens is 172 g/mol. The largest absolute Gasteiger partial charge is 0.481 e. The average molecular weight is 182 g/mol. The SMILES string of the molecule is Cc1noc(C(C(=O)O)C2CC2)n1. The molecule has 0 aliphatic heterocycles. The van der Waals surface area contributed by atoms with Crippen LogP contribution in [0.4, 0.5) is 0 Å². The van der Waals surface area contributed by atoms with E-state index in [0.717, 1.165) is 12.8 Å². The fourth-order valence-electron chi connectivity index (χ4n) is 1.38. The summed E-state index contributed by atoms with van der Waals surface area (Å²) in [5.41, 5.74) is 0. The Bertz CT molecular complexity index is 330. The van der Waals surface area contributed by atoms with Gasteiger partial charge < -0.3 is 9.63 Å². The van der Waals surface area contributed by atoms with E-state index in [0.29, 0.717) is 5.82 Å². The van der Waals surface area contributed by atoms with Crippen molar-refractivity contribution in [3.63, 3.8) is 0 Å². The smallest absolute Gasteiger partial charge is 0.316 e. The third-order valence-electron chi connectivity index (χ3n) is 2.17. The van der Waals surface area contributed by atoms with Crippen LogP contribution < -0.4 is 0 Å². The van der Waals surface area contributed by atoms with E-state index in [9.17, 15) is 4.79 Å². The second kappa shape index (κ2) is 2.83. The first-order valence-electron chi connectivity index (χ1n) is 4.21. The van der Waals surface area contributed by atoms with Crippen molar-refractivity contribution in [2.45, 2.75) is 25.7 Å². The predicted octanol–water partition coefficient (Wildman–Crippen LogP) is 0.956. The van der Waals surface area contributed by atoms with Crippen molar-refractivity contribution in [2.24, 2.45) is 5.92 Å². The molecule has 0 radical (unpaired) electrons. The van der Waals surface area contributed by atoms with Crippen LogP contribution in [-0.4, -0.2) is 21.2 Å². The Balaban J connectivity index is 2.24. The third-order valence-corrected chi connectivity index (χ3v) is 2.17. The molecule has 1 heterocycles. The highest BCUT2D eigenvalue weighted by molar-refractivity contribution is 5.75. The molecule has 1 unspecified atom stereocenters. The summed E-state index contributed by atoms with van der Waals surface area (Å²) in [6.45, 7) is 1.68. The second-order valence-electron chi connectivity index (χ2n) is 3.33. The molecule has 1 aromatic heterocycles. The maximum Gasteiger partial charge on any atom is 0.316 e. The fourth-order valence-corrected chi connectivity index (χ4v) is 1.38. The number of aryl methyl sites for hydroxylation is 1. The molecule has 0 bridgehead atoms. The summed E-state index contributed by atoms with van der Waals surface area (Å²) in [6.07, 6.45) is 1.89. The Morgan fingerprint density at radius 2 is 2.38 bits per heavy atom. The zero-order chi connectivity index (χ0) is 9.42. The van der Waals surface area contributed by atoms with Gasteiger partial charge in [0, 0.05) is 0 Å². The average Bonchev–Trinajstić information content (AvgIpc) is 2.76. The summed E-state index contributed by atoms with van der Waals surface area (Å²) in [4.78, 5) is 14.8. The Kier molecular flexibility index (Phi) is 1.79. The van der Waals surface area contributed by atoms with Crippen LogP contribution in [0.25, 0.3) is 0 Å². The molecule has 0 amide bonds. The van der Waals surface area contributed by atoms with E-state index in [-0.39, 0.29) is 11.8 Å². The first-order chi connectivity index (χ1) is 6.18. The molecule has 13 heavy (non-hydrogen) atoms. The van der Waals surface area contributed by atoms with Gasteiger partial charge in [0.1, 0.15) is 5.92 Å². The van der Waals surface area contributed by atoms with Gasteiger partial charge in [-0.1, -0.05) is 5.16 Å². The van der Waals surface area contributed by atoms with Crippen LogP contribution in [0.5, 0.6) is 0 Å². The van der Waals surface area contributed by atoms with E-state index in [4.69, 9.17) is 9.63 Å². The monoisotopic (exact) mass is 182 g/mol. The number of carboxylic acids is 1. The van der Waals surface area contributed by atoms with Crippen LogP contribution in [0.2, 0.25) is 0 Å². The van der Waals surface area contributed by atoms with Gasteiger partial charge >= 0.3 is 5.97 Å². The molecule has 0 aromatic carbocycles. The maximum atomic E-state index is 10.9. The molecule has 70 valence electrons. The van der Waals surface area contributed by atoms with Crippen molar-refractivity contribution >= 4 is 5.97 Å². The predicted molar refractivity (Wildman–Crippen MR) is 42.1 cm³/mol. The lowest BCUT2D eigenvalue weighted by Gasteiger charge is -2.03. The van der Waals surface area contributed by atoms with Crippen molar-refractivity contribution in [3.8, 4) is 0 Å². The third kappa shape index (κ3) is 1.54. The van der Waals surface area contributed by atoms with Gasteiger partial charge in [-0.25, -0.2) is 0 Å². The summed E-state index contributed by atoms with van der Waals surface area (Å²) >= 11 is 0. The topological polar surface area (TPSA) is 76.2 Å². The first-order valence-corrected chi connectivity index (χ1v) is 4.21. The van der Waals surface area contributed by atoms with Crippen molar-refractivity contribution in [1.29, 1.82) is 0 Å². The minimum absolute atomic E-state index is 0.192. The normalized spacial score (nSPS) is 18.5. The zero-order valence-corrected chi connectivity index (χ0v) is 7.23. The highest BCUT2D eigenvalue weighted by Gasteiger charge is 2.40. The van der Waals surface area contributed by atoms with Gasteiger partial charge in [0.05, 0.1) is 0 Å². The van der Waals surface area contributed by atoms with Crippen molar-refractivity contribution in [2.75, 3.05) is 0 Å². The number of hydrogen-bond acceptors (Lipinski definition) is 4. The number of rotatable bonds is 3. The van der Waals surface area contributed by atoms with E-state index < -0.39 is 11.9 Å². The van der Waals surface area contributed by atoms with Crippen LogP contribution in [-0.2, 0) is 4.79 Å². The van der Waals surface area contributed by atoms with Gasteiger partial charge in [-0.15, -0.1) is 0 Å². The van der Waals surface area contributed by atoms with E-state index >= 15 is 0 Å². The standard InChI is InChI=1S/C8H10N2O3/c1-4-9-7(13-10-4)6(8(11)12)5-2-3-5/h5-6H,2-3H2,1H3,(H,11,12). The minimum Gasteiger partial charge on any atom is -0.481 e. The second-order valence-corrected chi connectivity index (χ2v) is 3.33. The lowest BCUT2D eigenvalue weighted by molar-refractivity contribution is -0.140. The fraction of sp³-hybridized carbons (Fsp3) is 0.625. The summed E-state index contributed by atoms with van der Waals surface area (Å²) in [5.74, 6) is -0.543. The summed E-state index contributed by atoms with van der Waals surface area (Å²) in [7, 11) is 0. The molecule has 1 atom stereocenters. The first kappa shape index (κ1) is 8.22. The quantitative estimate of drug-likeness (QED) is 0.753. The molecule has 1 aliphatic rings. The van der Waals surface area contributed by atoms with Crippen LogP contribution >= 0.6 is 0 Å².